The Kier molecular flexibility index (Phi) is 2.38. The van der Waals surface area contributed by atoms with Gasteiger partial charge in [0.2, 0.25) is 0 Å². The minimum Gasteiger partial charge on any atom is -0.361 e. The molecule has 98 valence electrons. The molecule has 2 aromatic rings. The Morgan fingerprint density at radius 3 is 2.68 bits per heavy atom. The molecule has 3 amide bonds. The molecule has 1 aromatic carbocycles. The highest BCUT2D eigenvalue weighted by atomic mass is 16.2. The molecule has 1 atom stereocenters. The highest BCUT2D eigenvalue weighted by Crippen LogP contribution is 2.26. The van der Waals surface area contributed by atoms with E-state index in [1.165, 1.54) is 7.05 Å². The number of aromatic nitrogens is 1. The maximum absolute atomic E-state index is 12.1. The first-order chi connectivity index (χ1) is 9.01. The van der Waals surface area contributed by atoms with Crippen LogP contribution in [0.2, 0.25) is 0 Å². The Bertz CT molecular complexity index is 676. The first kappa shape index (κ1) is 11.8. The number of carbonyl (C=O) groups excluding carboxylic acids is 2. The molecule has 1 unspecified atom stereocenters. The SMILES string of the molecule is CN1C(=O)NC(C)(Cc2c[nH]c3ccccc23)C1=O. The third-order valence-electron chi connectivity index (χ3n) is 3.68. The molecule has 2 N–H and O–H groups in total. The van der Waals surface area contributed by atoms with Gasteiger partial charge < -0.3 is 10.3 Å². The molecule has 5 heteroatoms. The number of H-pyrrole nitrogens is 1. The second-order valence-electron chi connectivity index (χ2n) is 5.16. The number of benzene rings is 1. The Hall–Kier alpha value is -2.30. The molecule has 3 rings (SSSR count). The van der Waals surface area contributed by atoms with Gasteiger partial charge in [0.1, 0.15) is 5.54 Å². The fourth-order valence-electron chi connectivity index (χ4n) is 2.61. The molecule has 5 nitrogen and oxygen atoms in total. The predicted molar refractivity (Wildman–Crippen MR) is 71.7 cm³/mol. The van der Waals surface area contributed by atoms with Crippen LogP contribution in [0.3, 0.4) is 0 Å². The maximum Gasteiger partial charge on any atom is 0.324 e. The molecular weight excluding hydrogens is 242 g/mol. The number of imide groups is 1. The Labute approximate surface area is 110 Å². The predicted octanol–water partition coefficient (Wildman–Crippen LogP) is 1.65. The monoisotopic (exact) mass is 257 g/mol. The van der Waals surface area contributed by atoms with Gasteiger partial charge in [-0.3, -0.25) is 9.69 Å². The number of fused-ring (bicyclic) bond motifs is 1. The topological polar surface area (TPSA) is 65.2 Å². The second-order valence-corrected chi connectivity index (χ2v) is 5.16. The van der Waals surface area contributed by atoms with Crippen LogP contribution in [0.25, 0.3) is 10.9 Å². The van der Waals surface area contributed by atoms with Crippen LogP contribution in [-0.2, 0) is 11.2 Å². The van der Waals surface area contributed by atoms with Gasteiger partial charge in [-0.15, -0.1) is 0 Å². The van der Waals surface area contributed by atoms with Crippen molar-refractivity contribution in [1.82, 2.24) is 15.2 Å². The Morgan fingerprint density at radius 2 is 2.00 bits per heavy atom. The van der Waals surface area contributed by atoms with Crippen LogP contribution in [0.4, 0.5) is 4.79 Å². The van der Waals surface area contributed by atoms with Crippen LogP contribution < -0.4 is 5.32 Å². The van der Waals surface area contributed by atoms with Crippen LogP contribution >= 0.6 is 0 Å². The number of hydrogen-bond donors (Lipinski definition) is 2. The average Bonchev–Trinajstić information content (AvgIpc) is 2.87. The summed E-state index contributed by atoms with van der Waals surface area (Å²) in [7, 11) is 1.50. The van der Waals surface area contributed by atoms with Gasteiger partial charge in [0.25, 0.3) is 5.91 Å². The van der Waals surface area contributed by atoms with Crippen LogP contribution in [0.1, 0.15) is 12.5 Å². The van der Waals surface area contributed by atoms with Gasteiger partial charge >= 0.3 is 6.03 Å². The fourth-order valence-corrected chi connectivity index (χ4v) is 2.61. The summed E-state index contributed by atoms with van der Waals surface area (Å²) in [6, 6.07) is 7.58. The molecule has 1 aromatic heterocycles. The summed E-state index contributed by atoms with van der Waals surface area (Å²) in [4.78, 5) is 28.0. The third kappa shape index (κ3) is 1.69. The number of likely N-dealkylation sites (N-methyl/N-ethyl adjacent to an activating group) is 1. The molecule has 0 bridgehead atoms. The molecule has 1 fully saturated rings. The van der Waals surface area contributed by atoms with E-state index >= 15 is 0 Å². The molecule has 2 heterocycles. The van der Waals surface area contributed by atoms with E-state index in [0.29, 0.717) is 6.42 Å². The van der Waals surface area contributed by atoms with Crippen molar-refractivity contribution in [1.29, 1.82) is 0 Å². The van der Waals surface area contributed by atoms with E-state index in [9.17, 15) is 9.59 Å². The van der Waals surface area contributed by atoms with E-state index in [0.717, 1.165) is 21.4 Å². The minimum atomic E-state index is -0.864. The van der Waals surface area contributed by atoms with E-state index in [-0.39, 0.29) is 11.9 Å². The first-order valence-electron chi connectivity index (χ1n) is 6.16. The van der Waals surface area contributed by atoms with Crippen LogP contribution in [0.15, 0.2) is 30.5 Å². The van der Waals surface area contributed by atoms with Gasteiger partial charge in [0.15, 0.2) is 0 Å². The largest absolute Gasteiger partial charge is 0.361 e. The van der Waals surface area contributed by atoms with Crippen molar-refractivity contribution < 1.29 is 9.59 Å². The lowest BCUT2D eigenvalue weighted by Crippen LogP contribution is -2.45. The normalized spacial score (nSPS) is 23.2. The van der Waals surface area contributed by atoms with Crippen LogP contribution in [0.5, 0.6) is 0 Å². The molecule has 1 saturated heterocycles. The lowest BCUT2D eigenvalue weighted by Gasteiger charge is -2.20. The van der Waals surface area contributed by atoms with Crippen molar-refractivity contribution in [2.75, 3.05) is 7.05 Å². The van der Waals surface area contributed by atoms with Crippen molar-refractivity contribution in [3.63, 3.8) is 0 Å². The van der Waals surface area contributed by atoms with E-state index in [2.05, 4.69) is 10.3 Å². The number of amides is 3. The Balaban J connectivity index is 1.97. The standard InChI is InChI=1S/C14H15N3O2/c1-14(12(18)17(2)13(19)16-14)7-9-8-15-11-6-4-3-5-10(9)11/h3-6,8,15H,7H2,1-2H3,(H,16,19). The lowest BCUT2D eigenvalue weighted by molar-refractivity contribution is -0.129. The number of nitrogens with zero attached hydrogens (tertiary/aromatic N) is 1. The molecule has 0 radical (unpaired) electrons. The summed E-state index contributed by atoms with van der Waals surface area (Å²) in [6.07, 6.45) is 2.37. The lowest BCUT2D eigenvalue weighted by atomic mass is 9.92. The highest BCUT2D eigenvalue weighted by Gasteiger charge is 2.46. The number of urea groups is 1. The van der Waals surface area contributed by atoms with E-state index < -0.39 is 5.54 Å². The van der Waals surface area contributed by atoms with Gasteiger partial charge in [-0.05, 0) is 18.6 Å². The van der Waals surface area contributed by atoms with Crippen molar-refractivity contribution >= 4 is 22.8 Å². The zero-order chi connectivity index (χ0) is 13.6. The number of aromatic amines is 1. The van der Waals surface area contributed by atoms with Crippen LogP contribution in [-0.4, -0.2) is 34.4 Å². The van der Waals surface area contributed by atoms with Gasteiger partial charge in [0, 0.05) is 30.6 Å². The zero-order valence-electron chi connectivity index (χ0n) is 10.9. The summed E-state index contributed by atoms with van der Waals surface area (Å²) in [5, 5.41) is 3.84. The second kappa shape index (κ2) is 3.85. The molecule has 19 heavy (non-hydrogen) atoms. The molecule has 0 aliphatic carbocycles. The number of para-hydroxylation sites is 1. The van der Waals surface area contributed by atoms with E-state index in [1.807, 2.05) is 30.5 Å². The van der Waals surface area contributed by atoms with E-state index in [4.69, 9.17) is 0 Å². The third-order valence-corrected chi connectivity index (χ3v) is 3.68. The summed E-state index contributed by atoms with van der Waals surface area (Å²) >= 11 is 0. The number of rotatable bonds is 2. The zero-order valence-corrected chi connectivity index (χ0v) is 10.9. The summed E-state index contributed by atoms with van der Waals surface area (Å²) in [6.45, 7) is 1.76. The van der Waals surface area contributed by atoms with Crippen molar-refractivity contribution in [2.45, 2.75) is 18.9 Å². The molecule has 1 aliphatic heterocycles. The maximum atomic E-state index is 12.1. The molecule has 0 saturated carbocycles. The summed E-state index contributed by atoms with van der Waals surface area (Å²) in [5.41, 5.74) is 1.20. The number of carbonyl (C=O) groups is 2. The van der Waals surface area contributed by atoms with Crippen molar-refractivity contribution in [3.05, 3.63) is 36.0 Å². The van der Waals surface area contributed by atoms with Gasteiger partial charge in [0.05, 0.1) is 0 Å². The Morgan fingerprint density at radius 1 is 1.26 bits per heavy atom. The molecular formula is C14H15N3O2. The van der Waals surface area contributed by atoms with E-state index in [1.54, 1.807) is 6.92 Å². The summed E-state index contributed by atoms with van der Waals surface area (Å²) < 4.78 is 0. The highest BCUT2D eigenvalue weighted by molar-refractivity contribution is 6.06. The number of nitrogens with one attached hydrogen (secondary N) is 2. The quantitative estimate of drug-likeness (QED) is 0.803. The number of hydrogen-bond acceptors (Lipinski definition) is 2. The minimum absolute atomic E-state index is 0.192. The summed E-state index contributed by atoms with van der Waals surface area (Å²) in [5.74, 6) is -0.192. The van der Waals surface area contributed by atoms with Gasteiger partial charge in [-0.1, -0.05) is 18.2 Å². The van der Waals surface area contributed by atoms with Gasteiger partial charge in [-0.2, -0.15) is 0 Å². The smallest absolute Gasteiger partial charge is 0.324 e. The molecule has 0 spiro atoms. The van der Waals surface area contributed by atoms with Crippen molar-refractivity contribution in [2.24, 2.45) is 0 Å². The average molecular weight is 257 g/mol. The van der Waals surface area contributed by atoms with Crippen molar-refractivity contribution in [3.8, 4) is 0 Å². The first-order valence-corrected chi connectivity index (χ1v) is 6.16. The fraction of sp³-hybridized carbons (Fsp3) is 0.286. The van der Waals surface area contributed by atoms with Gasteiger partial charge in [-0.25, -0.2) is 4.79 Å². The molecule has 1 aliphatic rings. The van der Waals surface area contributed by atoms with Crippen LogP contribution in [0, 0.1) is 0 Å².